The number of carbonyl (C=O) groups is 1. The zero-order valence-electron chi connectivity index (χ0n) is 9.80. The molecule has 0 fully saturated rings. The zero-order valence-corrected chi connectivity index (χ0v) is 10.6. The highest BCUT2D eigenvalue weighted by Crippen LogP contribution is 2.27. The Hall–Kier alpha value is -1.56. The fourth-order valence-corrected chi connectivity index (χ4v) is 2.66. The van der Waals surface area contributed by atoms with Crippen LogP contribution < -0.4 is 0 Å². The number of phenols is 1. The minimum Gasteiger partial charge on any atom is -0.508 e. The highest BCUT2D eigenvalue weighted by Gasteiger charge is 2.43. The lowest BCUT2D eigenvalue weighted by atomic mass is 10.2. The van der Waals surface area contributed by atoms with Gasteiger partial charge in [0.1, 0.15) is 5.75 Å². The Morgan fingerprint density at radius 2 is 1.71 bits per heavy atom. The van der Waals surface area contributed by atoms with Crippen LogP contribution >= 0.6 is 0 Å². The largest absolute Gasteiger partial charge is 0.508 e. The van der Waals surface area contributed by atoms with Gasteiger partial charge < -0.3 is 9.84 Å². The minimum absolute atomic E-state index is 0.0364. The Balaban J connectivity index is 3.29. The molecule has 0 atom stereocenters. The first-order chi connectivity index (χ1) is 7.73. The number of rotatable bonds is 3. The van der Waals surface area contributed by atoms with Crippen LogP contribution in [-0.4, -0.2) is 31.4 Å². The molecule has 17 heavy (non-hydrogen) atoms. The summed E-state index contributed by atoms with van der Waals surface area (Å²) in [5.74, 6) is -0.870. The summed E-state index contributed by atoms with van der Waals surface area (Å²) in [6.45, 7) is 2.56. The second kappa shape index (κ2) is 4.37. The number of benzene rings is 1. The lowest BCUT2D eigenvalue weighted by molar-refractivity contribution is -0.142. The predicted octanol–water partition coefficient (Wildman–Crippen LogP) is 1.12. The normalized spacial score (nSPS) is 12.2. The van der Waals surface area contributed by atoms with Gasteiger partial charge in [-0.25, -0.2) is 8.42 Å². The number of aromatic hydroxyl groups is 1. The highest BCUT2D eigenvalue weighted by atomic mass is 32.2. The van der Waals surface area contributed by atoms with Crippen LogP contribution in [0.1, 0.15) is 13.8 Å². The summed E-state index contributed by atoms with van der Waals surface area (Å²) in [5, 5.41) is 9.09. The molecule has 0 saturated carbocycles. The maximum absolute atomic E-state index is 12.2. The molecule has 0 aromatic heterocycles. The summed E-state index contributed by atoms with van der Waals surface area (Å²) >= 11 is 0. The van der Waals surface area contributed by atoms with Gasteiger partial charge in [-0.3, -0.25) is 4.79 Å². The molecule has 1 aromatic carbocycles. The molecular formula is C11H14O5S. The number of hydrogen-bond acceptors (Lipinski definition) is 5. The Labute approximate surface area is 100.0 Å². The zero-order chi connectivity index (χ0) is 13.3. The average molecular weight is 258 g/mol. The number of sulfone groups is 1. The van der Waals surface area contributed by atoms with Crippen LogP contribution in [0.4, 0.5) is 0 Å². The molecule has 5 nitrogen and oxygen atoms in total. The Morgan fingerprint density at radius 3 is 2.12 bits per heavy atom. The molecular weight excluding hydrogens is 244 g/mol. The van der Waals surface area contributed by atoms with E-state index >= 15 is 0 Å². The van der Waals surface area contributed by atoms with E-state index in [1.54, 1.807) is 0 Å². The number of ether oxygens (including phenoxy) is 1. The van der Waals surface area contributed by atoms with E-state index in [2.05, 4.69) is 4.74 Å². The molecule has 0 heterocycles. The number of methoxy groups -OCH3 is 1. The number of carbonyl (C=O) groups excluding carboxylic acids is 1. The molecule has 0 aliphatic rings. The third-order valence-electron chi connectivity index (χ3n) is 2.50. The Kier molecular flexibility index (Phi) is 3.47. The first-order valence-corrected chi connectivity index (χ1v) is 6.34. The molecule has 0 aliphatic heterocycles. The van der Waals surface area contributed by atoms with Crippen LogP contribution in [0.3, 0.4) is 0 Å². The van der Waals surface area contributed by atoms with Crippen molar-refractivity contribution in [3.05, 3.63) is 24.3 Å². The van der Waals surface area contributed by atoms with Crippen molar-refractivity contribution in [1.29, 1.82) is 0 Å². The van der Waals surface area contributed by atoms with Gasteiger partial charge in [-0.2, -0.15) is 0 Å². The summed E-state index contributed by atoms with van der Waals surface area (Å²) in [5.41, 5.74) is 0. The second-order valence-corrected chi connectivity index (χ2v) is 6.50. The summed E-state index contributed by atoms with van der Waals surface area (Å²) < 4.78 is 27.2. The topological polar surface area (TPSA) is 80.7 Å². The van der Waals surface area contributed by atoms with Gasteiger partial charge in [0, 0.05) is 0 Å². The van der Waals surface area contributed by atoms with E-state index in [0.29, 0.717) is 0 Å². The van der Waals surface area contributed by atoms with Crippen molar-refractivity contribution < 1.29 is 23.1 Å². The first-order valence-electron chi connectivity index (χ1n) is 4.85. The summed E-state index contributed by atoms with van der Waals surface area (Å²) in [6, 6.07) is 4.99. The SMILES string of the molecule is COC(=O)C(C)(C)S(=O)(=O)c1ccc(O)cc1. The molecule has 1 aromatic rings. The number of hydrogen-bond donors (Lipinski definition) is 1. The van der Waals surface area contributed by atoms with Crippen molar-refractivity contribution in [2.75, 3.05) is 7.11 Å². The molecule has 94 valence electrons. The van der Waals surface area contributed by atoms with Crippen molar-refractivity contribution >= 4 is 15.8 Å². The Morgan fingerprint density at radius 1 is 1.24 bits per heavy atom. The van der Waals surface area contributed by atoms with Crippen LogP contribution in [0.2, 0.25) is 0 Å². The maximum Gasteiger partial charge on any atom is 0.327 e. The Bertz CT molecular complexity index is 513. The highest BCUT2D eigenvalue weighted by molar-refractivity contribution is 7.93. The van der Waals surface area contributed by atoms with Gasteiger partial charge in [0.15, 0.2) is 14.6 Å². The van der Waals surface area contributed by atoms with Crippen molar-refractivity contribution in [2.45, 2.75) is 23.5 Å². The monoisotopic (exact) mass is 258 g/mol. The van der Waals surface area contributed by atoms with E-state index in [-0.39, 0.29) is 10.6 Å². The van der Waals surface area contributed by atoms with Crippen LogP contribution in [0, 0.1) is 0 Å². The smallest absolute Gasteiger partial charge is 0.327 e. The van der Waals surface area contributed by atoms with Gasteiger partial charge in [0.05, 0.1) is 12.0 Å². The van der Waals surface area contributed by atoms with Crippen molar-refractivity contribution in [3.8, 4) is 5.75 Å². The second-order valence-electron chi connectivity index (χ2n) is 4.00. The van der Waals surface area contributed by atoms with Crippen LogP contribution in [-0.2, 0) is 19.4 Å². The molecule has 0 aliphatic carbocycles. The molecule has 1 rings (SSSR count). The number of esters is 1. The summed E-state index contributed by atoms with van der Waals surface area (Å²) in [7, 11) is -2.72. The van der Waals surface area contributed by atoms with Crippen molar-refractivity contribution in [2.24, 2.45) is 0 Å². The van der Waals surface area contributed by atoms with Crippen LogP contribution in [0.5, 0.6) is 5.75 Å². The standard InChI is InChI=1S/C11H14O5S/c1-11(2,10(13)16-3)17(14,15)9-6-4-8(12)5-7-9/h4-7,12H,1-3H3. The summed E-state index contributed by atoms with van der Waals surface area (Å²) in [4.78, 5) is 11.4. The molecule has 0 unspecified atom stereocenters. The van der Waals surface area contributed by atoms with Crippen molar-refractivity contribution in [3.63, 3.8) is 0 Å². The van der Waals surface area contributed by atoms with Gasteiger partial charge in [0.25, 0.3) is 0 Å². The van der Waals surface area contributed by atoms with E-state index in [4.69, 9.17) is 5.11 Å². The average Bonchev–Trinajstić information content (AvgIpc) is 2.28. The van der Waals surface area contributed by atoms with E-state index in [0.717, 1.165) is 7.11 Å². The third-order valence-corrected chi connectivity index (χ3v) is 4.90. The molecule has 0 radical (unpaired) electrons. The van der Waals surface area contributed by atoms with Gasteiger partial charge in [0.2, 0.25) is 0 Å². The van der Waals surface area contributed by atoms with E-state index in [1.165, 1.54) is 38.1 Å². The molecule has 6 heteroatoms. The lowest BCUT2D eigenvalue weighted by Gasteiger charge is -2.21. The maximum atomic E-state index is 12.2. The summed E-state index contributed by atoms with van der Waals surface area (Å²) in [6.07, 6.45) is 0. The van der Waals surface area contributed by atoms with Gasteiger partial charge in [-0.1, -0.05) is 0 Å². The van der Waals surface area contributed by atoms with Crippen LogP contribution in [0.15, 0.2) is 29.2 Å². The van der Waals surface area contributed by atoms with E-state index in [1.807, 2.05) is 0 Å². The quantitative estimate of drug-likeness (QED) is 0.822. The minimum atomic E-state index is -3.85. The lowest BCUT2D eigenvalue weighted by Crippen LogP contribution is -2.41. The molecule has 1 N–H and O–H groups in total. The van der Waals surface area contributed by atoms with E-state index < -0.39 is 20.6 Å². The first kappa shape index (κ1) is 13.5. The predicted molar refractivity (Wildman–Crippen MR) is 61.4 cm³/mol. The van der Waals surface area contributed by atoms with Gasteiger partial charge >= 0.3 is 5.97 Å². The van der Waals surface area contributed by atoms with E-state index in [9.17, 15) is 13.2 Å². The van der Waals surface area contributed by atoms with Crippen LogP contribution in [0.25, 0.3) is 0 Å². The molecule has 0 amide bonds. The third kappa shape index (κ3) is 2.26. The fourth-order valence-electron chi connectivity index (χ4n) is 1.28. The van der Waals surface area contributed by atoms with Gasteiger partial charge in [-0.15, -0.1) is 0 Å². The molecule has 0 saturated heterocycles. The van der Waals surface area contributed by atoms with Crippen molar-refractivity contribution in [1.82, 2.24) is 0 Å². The fraction of sp³-hybridized carbons (Fsp3) is 0.364. The molecule has 0 bridgehead atoms. The van der Waals surface area contributed by atoms with Gasteiger partial charge in [-0.05, 0) is 38.1 Å². The number of phenolic OH excluding ortho intramolecular Hbond substituents is 1. The molecule has 0 spiro atoms.